The predicted molar refractivity (Wildman–Crippen MR) is 132 cm³/mol. The first-order valence-corrected chi connectivity index (χ1v) is 10.6. The molecule has 0 aliphatic heterocycles. The van der Waals surface area contributed by atoms with E-state index in [1.54, 1.807) is 12.1 Å². The molecule has 1 amide bonds. The number of carbonyl (C=O) groups excluding carboxylic acids is 2. The molecule has 0 spiro atoms. The number of hydrogen-bond donors (Lipinski definition) is 1. The highest BCUT2D eigenvalue weighted by Gasteiger charge is 2.20. The van der Waals surface area contributed by atoms with Crippen LogP contribution in [0.5, 0.6) is 28.7 Å². The lowest BCUT2D eigenvalue weighted by atomic mass is 10.1. The second-order valence-corrected chi connectivity index (χ2v) is 7.22. The van der Waals surface area contributed by atoms with Gasteiger partial charge in [0.2, 0.25) is 5.75 Å². The number of non-ortho nitro benzene ring substituents is 1. The van der Waals surface area contributed by atoms with Crippen molar-refractivity contribution in [2.24, 2.45) is 5.10 Å². The quantitative estimate of drug-likeness (QED) is 0.142. The average Bonchev–Trinajstić information content (AvgIpc) is 2.92. The number of hydrogen-bond acceptors (Lipinski definition) is 10. The van der Waals surface area contributed by atoms with Crippen LogP contribution >= 0.6 is 0 Å². The Labute approximate surface area is 211 Å². The van der Waals surface area contributed by atoms with Gasteiger partial charge in [0.05, 0.1) is 45.1 Å². The van der Waals surface area contributed by atoms with Crippen molar-refractivity contribution >= 4 is 23.8 Å². The second kappa shape index (κ2) is 12.0. The van der Waals surface area contributed by atoms with Gasteiger partial charge in [0.1, 0.15) is 0 Å². The normalized spacial score (nSPS) is 10.5. The molecule has 0 aromatic heterocycles. The number of nitrogens with zero attached hydrogens (tertiary/aromatic N) is 2. The molecule has 0 aliphatic carbocycles. The number of amides is 1. The number of nitro benzene ring substituents is 1. The zero-order valence-corrected chi connectivity index (χ0v) is 20.3. The van der Waals surface area contributed by atoms with Gasteiger partial charge in [0.15, 0.2) is 23.0 Å². The summed E-state index contributed by atoms with van der Waals surface area (Å²) in [6.45, 7) is 0. The van der Waals surface area contributed by atoms with Crippen molar-refractivity contribution in [1.29, 1.82) is 0 Å². The fourth-order valence-electron chi connectivity index (χ4n) is 3.20. The van der Waals surface area contributed by atoms with Gasteiger partial charge in [-0.15, -0.1) is 0 Å². The predicted octanol–water partition coefficient (Wildman–Crippen LogP) is 3.61. The molecule has 0 aliphatic rings. The van der Waals surface area contributed by atoms with E-state index in [0.29, 0.717) is 22.8 Å². The minimum atomic E-state index is -0.691. The van der Waals surface area contributed by atoms with E-state index in [9.17, 15) is 19.7 Å². The van der Waals surface area contributed by atoms with Crippen LogP contribution in [-0.2, 0) is 0 Å². The molecule has 192 valence electrons. The summed E-state index contributed by atoms with van der Waals surface area (Å²) in [5, 5.41) is 14.7. The maximum Gasteiger partial charge on any atom is 0.343 e. The number of benzene rings is 3. The Morgan fingerprint density at radius 1 is 0.838 bits per heavy atom. The number of hydrazone groups is 1. The second-order valence-electron chi connectivity index (χ2n) is 7.22. The average molecular weight is 509 g/mol. The van der Waals surface area contributed by atoms with E-state index in [1.807, 2.05) is 0 Å². The number of carbonyl (C=O) groups is 2. The standard InChI is InChI=1S/C25H23N3O9/c1-33-20-10-15(14-26-27-24(29)16-6-5-7-18(11-16)28(31)32)8-9-19(20)37-25(30)17-12-21(34-2)23(36-4)22(13-17)35-3/h5-14H,1-4H3,(H,27,29)/b26-14+. The Kier molecular flexibility index (Phi) is 8.60. The van der Waals surface area contributed by atoms with Crippen LogP contribution in [0.25, 0.3) is 0 Å². The minimum absolute atomic E-state index is 0.0815. The minimum Gasteiger partial charge on any atom is -0.493 e. The molecule has 1 N–H and O–H groups in total. The van der Waals surface area contributed by atoms with Gasteiger partial charge >= 0.3 is 5.97 Å². The van der Waals surface area contributed by atoms with Crippen molar-refractivity contribution in [2.45, 2.75) is 0 Å². The highest BCUT2D eigenvalue weighted by Crippen LogP contribution is 2.38. The Balaban J connectivity index is 1.74. The first-order chi connectivity index (χ1) is 17.8. The van der Waals surface area contributed by atoms with Crippen LogP contribution < -0.4 is 29.1 Å². The van der Waals surface area contributed by atoms with Crippen molar-refractivity contribution in [2.75, 3.05) is 28.4 Å². The molecule has 0 saturated heterocycles. The summed E-state index contributed by atoms with van der Waals surface area (Å²) < 4.78 is 26.6. The zero-order chi connectivity index (χ0) is 26.9. The van der Waals surface area contributed by atoms with Gasteiger partial charge in [-0.3, -0.25) is 14.9 Å². The Morgan fingerprint density at radius 3 is 2.11 bits per heavy atom. The molecule has 37 heavy (non-hydrogen) atoms. The van der Waals surface area contributed by atoms with Crippen LogP contribution in [0.15, 0.2) is 59.7 Å². The molecule has 12 heteroatoms. The fraction of sp³-hybridized carbons (Fsp3) is 0.160. The molecular weight excluding hydrogens is 486 g/mol. The van der Waals surface area contributed by atoms with E-state index < -0.39 is 16.8 Å². The third kappa shape index (κ3) is 6.31. The van der Waals surface area contributed by atoms with Gasteiger partial charge in [-0.1, -0.05) is 6.07 Å². The van der Waals surface area contributed by atoms with Crippen LogP contribution in [0.1, 0.15) is 26.3 Å². The van der Waals surface area contributed by atoms with E-state index in [1.165, 1.54) is 71.1 Å². The Hall–Kier alpha value is -5.13. The van der Waals surface area contributed by atoms with Crippen LogP contribution in [0.2, 0.25) is 0 Å². The largest absolute Gasteiger partial charge is 0.493 e. The van der Waals surface area contributed by atoms with Crippen molar-refractivity contribution in [1.82, 2.24) is 5.43 Å². The summed E-state index contributed by atoms with van der Waals surface area (Å²) in [7, 11) is 5.72. The van der Waals surface area contributed by atoms with Crippen molar-refractivity contribution in [3.05, 3.63) is 81.4 Å². The first-order valence-electron chi connectivity index (χ1n) is 10.6. The molecular formula is C25H23N3O9. The zero-order valence-electron chi connectivity index (χ0n) is 20.3. The number of methoxy groups -OCH3 is 4. The van der Waals surface area contributed by atoms with Gasteiger partial charge in [-0.25, -0.2) is 10.2 Å². The summed E-state index contributed by atoms with van der Waals surface area (Å²) in [5.41, 5.74) is 2.85. The summed E-state index contributed by atoms with van der Waals surface area (Å²) in [4.78, 5) is 35.3. The number of nitrogens with one attached hydrogen (secondary N) is 1. The molecule has 12 nitrogen and oxygen atoms in total. The van der Waals surface area contributed by atoms with Gasteiger partial charge < -0.3 is 23.7 Å². The van der Waals surface area contributed by atoms with E-state index in [0.717, 1.165) is 6.07 Å². The molecule has 0 fully saturated rings. The molecule has 0 unspecified atom stereocenters. The lowest BCUT2D eigenvalue weighted by Gasteiger charge is -2.14. The molecule has 0 atom stereocenters. The lowest BCUT2D eigenvalue weighted by molar-refractivity contribution is -0.384. The highest BCUT2D eigenvalue weighted by atomic mass is 16.6. The van der Waals surface area contributed by atoms with Gasteiger partial charge in [-0.2, -0.15) is 5.10 Å². The monoisotopic (exact) mass is 509 g/mol. The summed E-state index contributed by atoms with van der Waals surface area (Å²) in [6, 6.07) is 12.8. The van der Waals surface area contributed by atoms with E-state index >= 15 is 0 Å². The topological polar surface area (TPSA) is 148 Å². The summed E-state index contributed by atoms with van der Waals surface area (Å²) in [6.07, 6.45) is 1.34. The molecule has 3 aromatic carbocycles. The van der Waals surface area contributed by atoms with E-state index in [2.05, 4.69) is 10.5 Å². The third-order valence-electron chi connectivity index (χ3n) is 4.99. The van der Waals surface area contributed by atoms with Crippen LogP contribution in [-0.4, -0.2) is 51.5 Å². The number of rotatable bonds is 10. The van der Waals surface area contributed by atoms with Crippen LogP contribution in [0, 0.1) is 10.1 Å². The summed E-state index contributed by atoms with van der Waals surface area (Å²) >= 11 is 0. The number of nitro groups is 1. The Bertz CT molecular complexity index is 1330. The molecule has 0 heterocycles. The number of esters is 1. The lowest BCUT2D eigenvalue weighted by Crippen LogP contribution is -2.17. The van der Waals surface area contributed by atoms with E-state index in [4.69, 9.17) is 23.7 Å². The van der Waals surface area contributed by atoms with Gasteiger partial charge in [0.25, 0.3) is 11.6 Å². The maximum atomic E-state index is 12.8. The first kappa shape index (κ1) is 26.5. The smallest absolute Gasteiger partial charge is 0.343 e. The molecule has 0 bridgehead atoms. The molecule has 0 saturated carbocycles. The van der Waals surface area contributed by atoms with Crippen LogP contribution in [0.3, 0.4) is 0 Å². The fourth-order valence-corrected chi connectivity index (χ4v) is 3.20. The molecule has 0 radical (unpaired) electrons. The van der Waals surface area contributed by atoms with Crippen molar-refractivity contribution < 1.29 is 38.2 Å². The maximum absolute atomic E-state index is 12.8. The number of ether oxygens (including phenoxy) is 5. The summed E-state index contributed by atoms with van der Waals surface area (Å²) in [5.74, 6) is -0.0286. The van der Waals surface area contributed by atoms with Crippen LogP contribution in [0.4, 0.5) is 5.69 Å². The highest BCUT2D eigenvalue weighted by molar-refractivity contribution is 5.95. The molecule has 3 rings (SSSR count). The van der Waals surface area contributed by atoms with Crippen molar-refractivity contribution in [3.63, 3.8) is 0 Å². The van der Waals surface area contributed by atoms with Gasteiger partial charge in [0, 0.05) is 17.7 Å². The Morgan fingerprint density at radius 2 is 1.51 bits per heavy atom. The molecule has 3 aromatic rings. The van der Waals surface area contributed by atoms with Gasteiger partial charge in [-0.05, 0) is 42.0 Å². The van der Waals surface area contributed by atoms with E-state index in [-0.39, 0.29) is 28.3 Å². The van der Waals surface area contributed by atoms with Crippen molar-refractivity contribution in [3.8, 4) is 28.7 Å². The third-order valence-corrected chi connectivity index (χ3v) is 4.99. The SMILES string of the molecule is COc1cc(/C=N/NC(=O)c2cccc([N+](=O)[O-])c2)ccc1OC(=O)c1cc(OC)c(OC)c(OC)c1.